The van der Waals surface area contributed by atoms with Gasteiger partial charge in [0, 0.05) is 30.4 Å². The molecular weight excluding hydrogens is 256 g/mol. The Morgan fingerprint density at radius 3 is 2.95 bits per heavy atom. The monoisotopic (exact) mass is 280 g/mol. The molecule has 0 radical (unpaired) electrons. The predicted octanol–water partition coefficient (Wildman–Crippen LogP) is 3.24. The van der Waals surface area contributed by atoms with Gasteiger partial charge in [0.15, 0.2) is 0 Å². The lowest BCUT2D eigenvalue weighted by Gasteiger charge is -2.05. The second-order valence-electron chi connectivity index (χ2n) is 5.71. The molecule has 0 aromatic carbocycles. The van der Waals surface area contributed by atoms with Crippen molar-refractivity contribution in [2.24, 2.45) is 0 Å². The standard InChI is InChI=1S/C15H24N2OS/c1-2-7-16-10-13-15(11-5-6-11)17-14(19-13)9-12-4-3-8-18-12/h11-12,16H,2-10H2,1H3. The van der Waals surface area contributed by atoms with Gasteiger partial charge in [0.25, 0.3) is 0 Å². The minimum Gasteiger partial charge on any atom is -0.378 e. The van der Waals surface area contributed by atoms with Gasteiger partial charge < -0.3 is 10.1 Å². The van der Waals surface area contributed by atoms with Gasteiger partial charge in [0.2, 0.25) is 0 Å². The topological polar surface area (TPSA) is 34.1 Å². The Balaban J connectivity index is 1.64. The summed E-state index contributed by atoms with van der Waals surface area (Å²) < 4.78 is 5.73. The molecule has 0 bridgehead atoms. The Morgan fingerprint density at radius 2 is 2.26 bits per heavy atom. The van der Waals surface area contributed by atoms with E-state index >= 15 is 0 Å². The van der Waals surface area contributed by atoms with Crippen molar-refractivity contribution in [1.29, 1.82) is 0 Å². The third-order valence-electron chi connectivity index (χ3n) is 3.87. The van der Waals surface area contributed by atoms with E-state index in [1.165, 1.54) is 47.7 Å². The van der Waals surface area contributed by atoms with E-state index in [2.05, 4.69) is 12.2 Å². The lowest BCUT2D eigenvalue weighted by atomic mass is 10.2. The number of nitrogens with one attached hydrogen (secondary N) is 1. The molecule has 4 heteroatoms. The number of rotatable bonds is 7. The van der Waals surface area contributed by atoms with E-state index in [0.29, 0.717) is 6.10 Å². The van der Waals surface area contributed by atoms with Crippen molar-refractivity contribution in [3.63, 3.8) is 0 Å². The molecule has 1 N–H and O–H groups in total. The molecular formula is C15H24N2OS. The van der Waals surface area contributed by atoms with Crippen LogP contribution in [-0.2, 0) is 17.7 Å². The van der Waals surface area contributed by atoms with Crippen LogP contribution in [0.2, 0.25) is 0 Å². The molecule has 1 unspecified atom stereocenters. The Bertz CT molecular complexity index is 408. The first kappa shape index (κ1) is 13.5. The molecule has 0 amide bonds. The van der Waals surface area contributed by atoms with Crippen LogP contribution in [0.4, 0.5) is 0 Å². The van der Waals surface area contributed by atoms with Gasteiger partial charge in [-0.15, -0.1) is 11.3 Å². The molecule has 1 saturated carbocycles. The molecule has 3 nitrogen and oxygen atoms in total. The summed E-state index contributed by atoms with van der Waals surface area (Å²) in [5, 5.41) is 4.81. The van der Waals surface area contributed by atoms with Crippen LogP contribution in [0.1, 0.15) is 60.5 Å². The van der Waals surface area contributed by atoms with Crippen molar-refractivity contribution >= 4 is 11.3 Å². The van der Waals surface area contributed by atoms with Crippen LogP contribution in [0, 0.1) is 0 Å². The maximum Gasteiger partial charge on any atom is 0.0957 e. The van der Waals surface area contributed by atoms with Crippen LogP contribution in [0.3, 0.4) is 0 Å². The van der Waals surface area contributed by atoms with Crippen molar-refractivity contribution in [1.82, 2.24) is 10.3 Å². The SMILES string of the molecule is CCCNCc1sc(CC2CCCO2)nc1C1CC1. The van der Waals surface area contributed by atoms with E-state index in [4.69, 9.17) is 9.72 Å². The zero-order chi connectivity index (χ0) is 13.1. The van der Waals surface area contributed by atoms with E-state index in [1.54, 1.807) is 0 Å². The van der Waals surface area contributed by atoms with Gasteiger partial charge >= 0.3 is 0 Å². The lowest BCUT2D eigenvalue weighted by Crippen LogP contribution is -2.13. The van der Waals surface area contributed by atoms with Crippen LogP contribution in [-0.4, -0.2) is 24.2 Å². The second-order valence-corrected chi connectivity index (χ2v) is 6.87. The smallest absolute Gasteiger partial charge is 0.0957 e. The summed E-state index contributed by atoms with van der Waals surface area (Å²) >= 11 is 1.91. The predicted molar refractivity (Wildman–Crippen MR) is 78.8 cm³/mol. The van der Waals surface area contributed by atoms with Gasteiger partial charge in [-0.25, -0.2) is 4.98 Å². The molecule has 1 aromatic heterocycles. The van der Waals surface area contributed by atoms with Gasteiger partial charge in [-0.05, 0) is 38.6 Å². The van der Waals surface area contributed by atoms with E-state index in [0.717, 1.165) is 32.0 Å². The van der Waals surface area contributed by atoms with Gasteiger partial charge in [-0.2, -0.15) is 0 Å². The van der Waals surface area contributed by atoms with Crippen molar-refractivity contribution in [3.8, 4) is 0 Å². The highest BCUT2D eigenvalue weighted by Crippen LogP contribution is 2.43. The van der Waals surface area contributed by atoms with E-state index in [1.807, 2.05) is 11.3 Å². The highest BCUT2D eigenvalue weighted by molar-refractivity contribution is 7.11. The third kappa shape index (κ3) is 3.56. The molecule has 1 aliphatic heterocycles. The van der Waals surface area contributed by atoms with Crippen LogP contribution in [0.25, 0.3) is 0 Å². The Labute approximate surface area is 119 Å². The van der Waals surface area contributed by atoms with Crippen LogP contribution < -0.4 is 5.32 Å². The van der Waals surface area contributed by atoms with Crippen molar-refractivity contribution in [3.05, 3.63) is 15.6 Å². The molecule has 1 aliphatic carbocycles. The maximum absolute atomic E-state index is 5.73. The second kappa shape index (κ2) is 6.33. The number of nitrogens with zero attached hydrogens (tertiary/aromatic N) is 1. The zero-order valence-corrected chi connectivity index (χ0v) is 12.6. The molecule has 106 valence electrons. The number of aromatic nitrogens is 1. The molecule has 3 rings (SSSR count). The fourth-order valence-electron chi connectivity index (χ4n) is 2.68. The first-order valence-electron chi connectivity index (χ1n) is 7.67. The van der Waals surface area contributed by atoms with Gasteiger partial charge in [0.1, 0.15) is 0 Å². The summed E-state index contributed by atoms with van der Waals surface area (Å²) in [6.45, 7) is 5.26. The molecule has 2 aliphatic rings. The first-order chi connectivity index (χ1) is 9.36. The largest absolute Gasteiger partial charge is 0.378 e. The van der Waals surface area contributed by atoms with Gasteiger partial charge in [0.05, 0.1) is 16.8 Å². The van der Waals surface area contributed by atoms with Crippen LogP contribution in [0.5, 0.6) is 0 Å². The first-order valence-corrected chi connectivity index (χ1v) is 8.49. The third-order valence-corrected chi connectivity index (χ3v) is 4.97. The molecule has 0 spiro atoms. The minimum atomic E-state index is 0.426. The molecule has 1 saturated heterocycles. The van der Waals surface area contributed by atoms with Gasteiger partial charge in [-0.1, -0.05) is 6.92 Å². The van der Waals surface area contributed by atoms with Crippen LogP contribution in [0.15, 0.2) is 0 Å². The highest BCUT2D eigenvalue weighted by atomic mass is 32.1. The summed E-state index contributed by atoms with van der Waals surface area (Å²) in [4.78, 5) is 6.39. The van der Waals surface area contributed by atoms with Gasteiger partial charge in [-0.3, -0.25) is 0 Å². The Hall–Kier alpha value is -0.450. The molecule has 2 fully saturated rings. The molecule has 1 aromatic rings. The summed E-state index contributed by atoms with van der Waals surface area (Å²) in [5.74, 6) is 0.757. The average molecular weight is 280 g/mol. The molecule has 19 heavy (non-hydrogen) atoms. The molecule has 1 atom stereocenters. The minimum absolute atomic E-state index is 0.426. The van der Waals surface area contributed by atoms with E-state index < -0.39 is 0 Å². The fourth-order valence-corrected chi connectivity index (χ4v) is 3.87. The van der Waals surface area contributed by atoms with E-state index in [-0.39, 0.29) is 0 Å². The summed E-state index contributed by atoms with van der Waals surface area (Å²) in [5.41, 5.74) is 1.39. The number of thiazole rings is 1. The number of hydrogen-bond donors (Lipinski definition) is 1. The number of hydrogen-bond acceptors (Lipinski definition) is 4. The number of ether oxygens (including phenoxy) is 1. The maximum atomic E-state index is 5.73. The van der Waals surface area contributed by atoms with Crippen molar-refractivity contribution in [2.45, 2.75) is 64.0 Å². The molecule has 2 heterocycles. The Morgan fingerprint density at radius 1 is 1.37 bits per heavy atom. The van der Waals surface area contributed by atoms with E-state index in [9.17, 15) is 0 Å². The zero-order valence-electron chi connectivity index (χ0n) is 11.8. The summed E-state index contributed by atoms with van der Waals surface area (Å²) in [7, 11) is 0. The summed E-state index contributed by atoms with van der Waals surface area (Å²) in [6.07, 6.45) is 7.75. The normalized spacial score (nSPS) is 23.1. The summed E-state index contributed by atoms with van der Waals surface area (Å²) in [6, 6.07) is 0. The Kier molecular flexibility index (Phi) is 4.51. The fraction of sp³-hybridized carbons (Fsp3) is 0.800. The van der Waals surface area contributed by atoms with Crippen molar-refractivity contribution < 1.29 is 4.74 Å². The van der Waals surface area contributed by atoms with Crippen molar-refractivity contribution in [2.75, 3.05) is 13.2 Å². The quantitative estimate of drug-likeness (QED) is 0.779. The lowest BCUT2D eigenvalue weighted by molar-refractivity contribution is 0.111. The highest BCUT2D eigenvalue weighted by Gasteiger charge is 2.30. The average Bonchev–Trinajstić information content (AvgIpc) is 2.98. The van der Waals surface area contributed by atoms with Crippen LogP contribution >= 0.6 is 11.3 Å².